The van der Waals surface area contributed by atoms with Crippen molar-refractivity contribution in [3.63, 3.8) is 0 Å². The van der Waals surface area contributed by atoms with Crippen LogP contribution in [0.3, 0.4) is 0 Å². The van der Waals surface area contributed by atoms with Gasteiger partial charge in [-0.05, 0) is 51.2 Å². The smallest absolute Gasteiger partial charge is 0.416 e. The summed E-state index contributed by atoms with van der Waals surface area (Å²) in [6.45, 7) is 5.02. The first-order valence-electron chi connectivity index (χ1n) is 8.26. The van der Waals surface area contributed by atoms with Gasteiger partial charge in [-0.25, -0.2) is 9.59 Å². The van der Waals surface area contributed by atoms with Crippen molar-refractivity contribution in [1.82, 2.24) is 4.90 Å². The third-order valence-corrected chi connectivity index (χ3v) is 4.13. The zero-order valence-corrected chi connectivity index (χ0v) is 14.8. The zero-order valence-electron chi connectivity index (χ0n) is 14.8. The lowest BCUT2D eigenvalue weighted by atomic mass is 9.93. The van der Waals surface area contributed by atoms with Crippen LogP contribution < -0.4 is 0 Å². The van der Waals surface area contributed by atoms with Crippen LogP contribution in [-0.2, 0) is 22.1 Å². The highest BCUT2D eigenvalue weighted by Crippen LogP contribution is 2.35. The number of aliphatic carboxylic acids is 1. The molecule has 26 heavy (non-hydrogen) atoms. The Morgan fingerprint density at radius 2 is 1.85 bits per heavy atom. The number of amides is 1. The van der Waals surface area contributed by atoms with E-state index in [4.69, 9.17) is 4.74 Å². The topological polar surface area (TPSA) is 66.8 Å². The Kier molecular flexibility index (Phi) is 5.53. The molecule has 2 atom stereocenters. The van der Waals surface area contributed by atoms with Crippen LogP contribution in [-0.4, -0.2) is 40.3 Å². The molecule has 1 heterocycles. The number of halogens is 3. The van der Waals surface area contributed by atoms with Crippen LogP contribution in [0.1, 0.15) is 38.3 Å². The summed E-state index contributed by atoms with van der Waals surface area (Å²) >= 11 is 0. The fourth-order valence-electron chi connectivity index (χ4n) is 3.11. The molecule has 1 amide bonds. The van der Waals surface area contributed by atoms with Crippen molar-refractivity contribution >= 4 is 12.1 Å². The molecule has 1 aromatic rings. The van der Waals surface area contributed by atoms with Gasteiger partial charge in [0, 0.05) is 6.54 Å². The molecule has 0 saturated carbocycles. The van der Waals surface area contributed by atoms with Crippen LogP contribution in [0.25, 0.3) is 0 Å². The minimum absolute atomic E-state index is 0.0398. The summed E-state index contributed by atoms with van der Waals surface area (Å²) in [5.74, 6) is -1.59. The normalized spacial score (nSPS) is 20.9. The first-order valence-corrected chi connectivity index (χ1v) is 8.26. The van der Waals surface area contributed by atoms with Gasteiger partial charge in [0.25, 0.3) is 0 Å². The van der Waals surface area contributed by atoms with Crippen LogP contribution in [0.5, 0.6) is 0 Å². The van der Waals surface area contributed by atoms with E-state index in [0.29, 0.717) is 0 Å². The minimum Gasteiger partial charge on any atom is -0.480 e. The number of carboxylic acids is 1. The van der Waals surface area contributed by atoms with Crippen molar-refractivity contribution in [2.45, 2.75) is 51.4 Å². The molecule has 1 fully saturated rings. The number of rotatable bonds is 3. The van der Waals surface area contributed by atoms with Gasteiger partial charge in [-0.15, -0.1) is 0 Å². The molecular weight excluding hydrogens is 351 g/mol. The lowest BCUT2D eigenvalue weighted by Gasteiger charge is -2.26. The van der Waals surface area contributed by atoms with E-state index in [1.165, 1.54) is 18.2 Å². The van der Waals surface area contributed by atoms with Gasteiger partial charge >= 0.3 is 18.2 Å². The summed E-state index contributed by atoms with van der Waals surface area (Å²) in [5.41, 5.74) is -1.43. The first-order chi connectivity index (χ1) is 11.9. The van der Waals surface area contributed by atoms with Gasteiger partial charge in [-0.1, -0.05) is 18.2 Å². The maximum absolute atomic E-state index is 13.1. The zero-order chi connectivity index (χ0) is 19.7. The van der Waals surface area contributed by atoms with E-state index >= 15 is 0 Å². The van der Waals surface area contributed by atoms with E-state index < -0.39 is 41.4 Å². The second-order valence-corrected chi connectivity index (χ2v) is 7.45. The largest absolute Gasteiger partial charge is 0.480 e. The Hall–Kier alpha value is -2.25. The van der Waals surface area contributed by atoms with E-state index in [2.05, 4.69) is 0 Å². The number of hydrogen-bond acceptors (Lipinski definition) is 3. The standard InChI is InChI=1S/C18H22F3NO4/c1-17(2,3)26-16(25)22-10-11(9-14(22)15(23)24)8-12-6-4-5-7-13(12)18(19,20)21/h4-7,11,14H,8-10H2,1-3H3,(H,23,24). The predicted octanol–water partition coefficient (Wildman–Crippen LogP) is 3.96. The second kappa shape index (κ2) is 7.17. The number of ether oxygens (including phenoxy) is 1. The molecule has 2 rings (SSSR count). The number of carbonyl (C=O) groups excluding carboxylic acids is 1. The van der Waals surface area contributed by atoms with Crippen molar-refractivity contribution < 1.29 is 32.6 Å². The SMILES string of the molecule is CC(C)(C)OC(=O)N1CC(Cc2ccccc2C(F)(F)F)CC1C(=O)O. The summed E-state index contributed by atoms with van der Waals surface area (Å²) in [7, 11) is 0. The van der Waals surface area contributed by atoms with E-state index in [1.54, 1.807) is 20.8 Å². The Morgan fingerprint density at radius 3 is 2.38 bits per heavy atom. The Morgan fingerprint density at radius 1 is 1.23 bits per heavy atom. The van der Waals surface area contributed by atoms with Gasteiger partial charge in [0.2, 0.25) is 0 Å². The van der Waals surface area contributed by atoms with Crippen LogP contribution in [0, 0.1) is 5.92 Å². The molecule has 8 heteroatoms. The lowest BCUT2D eigenvalue weighted by molar-refractivity contribution is -0.142. The maximum atomic E-state index is 13.1. The van der Waals surface area contributed by atoms with E-state index in [-0.39, 0.29) is 24.9 Å². The fourth-order valence-corrected chi connectivity index (χ4v) is 3.11. The molecule has 0 aliphatic carbocycles. The van der Waals surface area contributed by atoms with Crippen molar-refractivity contribution in [1.29, 1.82) is 0 Å². The van der Waals surface area contributed by atoms with Gasteiger partial charge in [0.05, 0.1) is 5.56 Å². The predicted molar refractivity (Wildman–Crippen MR) is 87.6 cm³/mol. The maximum Gasteiger partial charge on any atom is 0.416 e. The number of carbonyl (C=O) groups is 2. The highest BCUT2D eigenvalue weighted by Gasteiger charge is 2.42. The van der Waals surface area contributed by atoms with Crippen LogP contribution >= 0.6 is 0 Å². The molecule has 0 aromatic heterocycles. The van der Waals surface area contributed by atoms with E-state index in [1.807, 2.05) is 0 Å². The summed E-state index contributed by atoms with van der Waals surface area (Å²) in [6.07, 6.45) is -5.12. The number of hydrogen-bond donors (Lipinski definition) is 1. The molecule has 2 unspecified atom stereocenters. The third-order valence-electron chi connectivity index (χ3n) is 4.13. The summed E-state index contributed by atoms with van der Waals surface area (Å²) in [4.78, 5) is 24.8. The number of benzene rings is 1. The van der Waals surface area contributed by atoms with E-state index in [0.717, 1.165) is 11.0 Å². The molecule has 0 bridgehead atoms. The molecule has 1 aliphatic rings. The Balaban J connectivity index is 2.18. The lowest BCUT2D eigenvalue weighted by Crippen LogP contribution is -2.43. The second-order valence-electron chi connectivity index (χ2n) is 7.45. The fraction of sp³-hybridized carbons (Fsp3) is 0.556. The van der Waals surface area contributed by atoms with Gasteiger partial charge in [0.1, 0.15) is 11.6 Å². The van der Waals surface area contributed by atoms with Crippen molar-refractivity contribution in [3.05, 3.63) is 35.4 Å². The molecule has 5 nitrogen and oxygen atoms in total. The summed E-state index contributed by atoms with van der Waals surface area (Å²) in [5, 5.41) is 9.37. The van der Waals surface area contributed by atoms with Crippen molar-refractivity contribution in [2.24, 2.45) is 5.92 Å². The Bertz CT molecular complexity index is 682. The van der Waals surface area contributed by atoms with Crippen molar-refractivity contribution in [3.8, 4) is 0 Å². The van der Waals surface area contributed by atoms with Gasteiger partial charge in [-0.2, -0.15) is 13.2 Å². The molecule has 144 valence electrons. The van der Waals surface area contributed by atoms with Gasteiger partial charge in [0.15, 0.2) is 0 Å². The molecule has 0 radical (unpaired) electrons. The minimum atomic E-state index is -4.48. The van der Waals surface area contributed by atoms with Crippen molar-refractivity contribution in [2.75, 3.05) is 6.54 Å². The molecule has 0 spiro atoms. The van der Waals surface area contributed by atoms with Crippen LogP contribution in [0.4, 0.5) is 18.0 Å². The number of carboxylic acid groups (broad SMARTS) is 1. The molecule has 1 N–H and O–H groups in total. The first kappa shape index (κ1) is 20.1. The Labute approximate surface area is 149 Å². The number of alkyl halides is 3. The molecule has 1 aromatic carbocycles. The monoisotopic (exact) mass is 373 g/mol. The van der Waals surface area contributed by atoms with Crippen LogP contribution in [0.2, 0.25) is 0 Å². The molecular formula is C18H22F3NO4. The molecule has 1 saturated heterocycles. The van der Waals surface area contributed by atoms with E-state index in [9.17, 15) is 27.9 Å². The molecule has 1 aliphatic heterocycles. The van der Waals surface area contributed by atoms with Gasteiger partial charge < -0.3 is 9.84 Å². The number of likely N-dealkylation sites (tertiary alicyclic amines) is 1. The quantitative estimate of drug-likeness (QED) is 0.871. The summed E-state index contributed by atoms with van der Waals surface area (Å²) < 4.78 is 44.6. The summed E-state index contributed by atoms with van der Waals surface area (Å²) in [6, 6.07) is 4.11. The average Bonchev–Trinajstić information content (AvgIpc) is 2.89. The highest BCUT2D eigenvalue weighted by molar-refractivity contribution is 5.81. The highest BCUT2D eigenvalue weighted by atomic mass is 19.4. The number of nitrogens with zero attached hydrogens (tertiary/aromatic N) is 1. The average molecular weight is 373 g/mol. The van der Waals surface area contributed by atoms with Gasteiger partial charge in [-0.3, -0.25) is 4.90 Å². The van der Waals surface area contributed by atoms with Crippen LogP contribution in [0.15, 0.2) is 24.3 Å². The third kappa shape index (κ3) is 4.89.